The number of pyridine rings is 1. The molecule has 1 fully saturated rings. The Morgan fingerprint density at radius 2 is 1.76 bits per heavy atom. The minimum atomic E-state index is -1.53. The zero-order chi connectivity index (χ0) is 35.9. The SMILES string of the molecule is CCNC(=O)c1cc2c(-c3cc4c(cc3Oc3c(C)cccc3C)c(N(C)CCN3CCN(C)CC3)nn4CC(C)(C)F)cn(C)c(=O)c2[nH]1. The number of para-hydroxylation sites is 1. The van der Waals surface area contributed by atoms with Gasteiger partial charge in [0.2, 0.25) is 0 Å². The second kappa shape index (κ2) is 13.9. The molecule has 0 aliphatic carbocycles. The highest BCUT2D eigenvalue weighted by atomic mass is 19.1. The van der Waals surface area contributed by atoms with Gasteiger partial charge in [0.1, 0.15) is 28.4 Å². The fourth-order valence-electron chi connectivity index (χ4n) is 6.70. The molecule has 266 valence electrons. The minimum Gasteiger partial charge on any atom is -0.456 e. The average molecular weight is 685 g/mol. The van der Waals surface area contributed by atoms with E-state index in [0.717, 1.165) is 72.9 Å². The van der Waals surface area contributed by atoms with Gasteiger partial charge >= 0.3 is 0 Å². The first-order valence-corrected chi connectivity index (χ1v) is 17.3. The Bertz CT molecular complexity index is 2080. The van der Waals surface area contributed by atoms with Crippen LogP contribution in [0.15, 0.2) is 47.4 Å². The lowest BCUT2D eigenvalue weighted by Crippen LogP contribution is -2.46. The molecule has 2 N–H and O–H groups in total. The highest BCUT2D eigenvalue weighted by Gasteiger charge is 2.26. The molecular formula is C38H49FN8O3. The number of aromatic nitrogens is 4. The Labute approximate surface area is 292 Å². The summed E-state index contributed by atoms with van der Waals surface area (Å²) in [5.41, 5.74) is 2.87. The van der Waals surface area contributed by atoms with Crippen LogP contribution in [0.3, 0.4) is 0 Å². The van der Waals surface area contributed by atoms with Gasteiger partial charge in [0.05, 0.1) is 12.1 Å². The van der Waals surface area contributed by atoms with E-state index in [9.17, 15) is 9.59 Å². The first-order chi connectivity index (χ1) is 23.7. The Morgan fingerprint density at radius 1 is 1.06 bits per heavy atom. The molecule has 1 aliphatic rings. The molecule has 3 aromatic heterocycles. The summed E-state index contributed by atoms with van der Waals surface area (Å²) in [5.74, 6) is 1.73. The van der Waals surface area contributed by atoms with E-state index >= 15 is 4.39 Å². The summed E-state index contributed by atoms with van der Waals surface area (Å²) in [6.07, 6.45) is 1.77. The number of rotatable bonds is 11. The lowest BCUT2D eigenvalue weighted by Gasteiger charge is -2.33. The van der Waals surface area contributed by atoms with Crippen molar-refractivity contribution >= 4 is 33.5 Å². The number of aryl methyl sites for hydroxylation is 3. The summed E-state index contributed by atoms with van der Waals surface area (Å²) < 4.78 is 25.4. The molecule has 4 heterocycles. The van der Waals surface area contributed by atoms with Crippen LogP contribution in [0.2, 0.25) is 0 Å². The number of halogens is 1. The molecule has 50 heavy (non-hydrogen) atoms. The lowest BCUT2D eigenvalue weighted by atomic mass is 10.00. The zero-order valence-corrected chi connectivity index (χ0v) is 30.5. The first kappa shape index (κ1) is 35.2. The van der Waals surface area contributed by atoms with Crippen LogP contribution in [0.25, 0.3) is 32.9 Å². The monoisotopic (exact) mass is 684 g/mol. The number of alkyl halides is 1. The van der Waals surface area contributed by atoms with Crippen LogP contribution in [0.5, 0.6) is 11.5 Å². The van der Waals surface area contributed by atoms with Gasteiger partial charge in [-0.25, -0.2) is 4.39 Å². The molecule has 11 nitrogen and oxygen atoms in total. The number of hydrogen-bond acceptors (Lipinski definition) is 7. The number of H-pyrrole nitrogens is 1. The second-order valence-corrected chi connectivity index (χ2v) is 14.2. The Kier molecular flexibility index (Phi) is 9.78. The molecule has 0 radical (unpaired) electrons. The summed E-state index contributed by atoms with van der Waals surface area (Å²) in [6.45, 7) is 15.2. The maximum Gasteiger partial charge on any atom is 0.274 e. The number of anilines is 1. The van der Waals surface area contributed by atoms with Gasteiger partial charge in [-0.2, -0.15) is 5.10 Å². The van der Waals surface area contributed by atoms with E-state index in [1.807, 2.05) is 58.2 Å². The van der Waals surface area contributed by atoms with Crippen molar-refractivity contribution in [3.63, 3.8) is 0 Å². The largest absolute Gasteiger partial charge is 0.456 e. The maximum atomic E-state index is 15.4. The third-order valence-corrected chi connectivity index (χ3v) is 9.52. The predicted molar refractivity (Wildman–Crippen MR) is 199 cm³/mol. The van der Waals surface area contributed by atoms with Gasteiger partial charge in [-0.05, 0) is 71.0 Å². The number of likely N-dealkylation sites (N-methyl/N-ethyl adjacent to an activating group) is 2. The highest BCUT2D eigenvalue weighted by molar-refractivity contribution is 6.05. The number of carbonyl (C=O) groups is 1. The summed E-state index contributed by atoms with van der Waals surface area (Å²) in [6, 6.07) is 11.7. The number of piperazine rings is 1. The van der Waals surface area contributed by atoms with E-state index in [-0.39, 0.29) is 23.7 Å². The minimum absolute atomic E-state index is 0.0422. The number of benzene rings is 2. The quantitative estimate of drug-likeness (QED) is 0.190. The van der Waals surface area contributed by atoms with Gasteiger partial charge in [0.15, 0.2) is 5.82 Å². The van der Waals surface area contributed by atoms with Crippen LogP contribution in [0.4, 0.5) is 10.2 Å². The second-order valence-electron chi connectivity index (χ2n) is 14.2. The van der Waals surface area contributed by atoms with Crippen LogP contribution in [0.1, 0.15) is 42.4 Å². The fourth-order valence-corrected chi connectivity index (χ4v) is 6.70. The van der Waals surface area contributed by atoms with E-state index < -0.39 is 5.67 Å². The molecule has 0 spiro atoms. The first-order valence-electron chi connectivity index (χ1n) is 17.3. The number of aromatic amines is 1. The van der Waals surface area contributed by atoms with E-state index in [0.29, 0.717) is 34.3 Å². The number of nitrogens with one attached hydrogen (secondary N) is 2. The number of nitrogens with zero attached hydrogens (tertiary/aromatic N) is 6. The number of amides is 1. The number of ether oxygens (including phenoxy) is 1. The summed E-state index contributed by atoms with van der Waals surface area (Å²) in [7, 11) is 5.87. The average Bonchev–Trinajstić information content (AvgIpc) is 3.66. The normalized spacial score (nSPS) is 14.5. The van der Waals surface area contributed by atoms with Crippen molar-refractivity contribution in [1.82, 2.24) is 34.4 Å². The van der Waals surface area contributed by atoms with Crippen molar-refractivity contribution in [2.24, 2.45) is 7.05 Å². The van der Waals surface area contributed by atoms with Crippen LogP contribution in [-0.4, -0.2) is 101 Å². The summed E-state index contributed by atoms with van der Waals surface area (Å²) in [5, 5.41) is 9.24. The lowest BCUT2D eigenvalue weighted by molar-refractivity contribution is 0.0951. The van der Waals surface area contributed by atoms with Gasteiger partial charge in [-0.3, -0.25) is 19.2 Å². The molecule has 6 rings (SSSR count). The predicted octanol–water partition coefficient (Wildman–Crippen LogP) is 5.47. The zero-order valence-electron chi connectivity index (χ0n) is 30.5. The highest BCUT2D eigenvalue weighted by Crippen LogP contribution is 2.43. The van der Waals surface area contributed by atoms with Crippen molar-refractivity contribution in [2.75, 3.05) is 64.8 Å². The summed E-state index contributed by atoms with van der Waals surface area (Å²) >= 11 is 0. The Hall–Kier alpha value is -4.68. The molecule has 0 bridgehead atoms. The molecule has 5 aromatic rings. The third-order valence-electron chi connectivity index (χ3n) is 9.52. The van der Waals surface area contributed by atoms with E-state index in [1.165, 1.54) is 4.57 Å². The van der Waals surface area contributed by atoms with Crippen LogP contribution in [0, 0.1) is 13.8 Å². The molecule has 0 unspecified atom stereocenters. The Morgan fingerprint density at radius 3 is 2.42 bits per heavy atom. The molecule has 1 aliphatic heterocycles. The fraction of sp³-hybridized carbons (Fsp3) is 0.447. The van der Waals surface area contributed by atoms with Crippen molar-refractivity contribution in [3.8, 4) is 22.6 Å². The van der Waals surface area contributed by atoms with Crippen LogP contribution in [-0.2, 0) is 13.6 Å². The molecule has 2 aromatic carbocycles. The molecule has 1 amide bonds. The van der Waals surface area contributed by atoms with E-state index in [4.69, 9.17) is 9.84 Å². The van der Waals surface area contributed by atoms with Gasteiger partial charge < -0.3 is 29.4 Å². The molecule has 0 saturated carbocycles. The van der Waals surface area contributed by atoms with Crippen molar-refractivity contribution in [3.05, 3.63) is 69.8 Å². The van der Waals surface area contributed by atoms with Crippen LogP contribution >= 0.6 is 0 Å². The molecule has 0 atom stereocenters. The third kappa shape index (κ3) is 7.13. The molecule has 12 heteroatoms. The number of fused-ring (bicyclic) bond motifs is 2. The maximum absolute atomic E-state index is 15.4. The van der Waals surface area contributed by atoms with Gasteiger partial charge in [-0.1, -0.05) is 18.2 Å². The molecule has 1 saturated heterocycles. The van der Waals surface area contributed by atoms with E-state index in [1.54, 1.807) is 37.8 Å². The van der Waals surface area contributed by atoms with Crippen molar-refractivity contribution in [1.29, 1.82) is 0 Å². The van der Waals surface area contributed by atoms with Crippen LogP contribution < -0.4 is 20.5 Å². The van der Waals surface area contributed by atoms with Gasteiger partial charge in [0.25, 0.3) is 11.5 Å². The summed E-state index contributed by atoms with van der Waals surface area (Å²) in [4.78, 5) is 36.3. The van der Waals surface area contributed by atoms with Crippen molar-refractivity contribution in [2.45, 2.75) is 46.8 Å². The van der Waals surface area contributed by atoms with Gasteiger partial charge in [-0.15, -0.1) is 0 Å². The topological polar surface area (TPSA) is 104 Å². The number of hydrogen-bond donors (Lipinski definition) is 2. The standard InChI is InChI=1S/C38H49FN8O3/c1-9-40-36(48)30-19-27-29(22-45(8)37(49)33(27)41-30)26-20-31-28(21-32(26)50-34-24(2)11-10-12-25(34)3)35(42-47(31)23-38(4,5)39)44(7)15-18-46-16-13-43(6)14-17-46/h10-12,19-22,41H,9,13-18,23H2,1-8H3,(H,40,48). The smallest absolute Gasteiger partial charge is 0.274 e. The molecular weight excluding hydrogens is 635 g/mol. The van der Waals surface area contributed by atoms with Crippen molar-refractivity contribution < 1.29 is 13.9 Å². The number of carbonyl (C=O) groups excluding carboxylic acids is 1. The van der Waals surface area contributed by atoms with E-state index in [2.05, 4.69) is 32.0 Å². The Balaban J connectivity index is 1.56. The van der Waals surface area contributed by atoms with Gasteiger partial charge in [0, 0.05) is 88.0 Å².